The molecule has 0 aromatic rings. The fourth-order valence-corrected chi connectivity index (χ4v) is 4.27. The number of hydrogen-bond donors (Lipinski definition) is 2. The molecule has 2 atom stereocenters. The Balaban J connectivity index is 1.62. The lowest BCUT2D eigenvalue weighted by atomic mass is 9.88. The highest BCUT2D eigenvalue weighted by Gasteiger charge is 2.45. The first-order valence-electron chi connectivity index (χ1n) is 8.09. The number of carboxylic acids is 1. The normalized spacial score (nSPS) is 33.3. The van der Waals surface area contributed by atoms with Gasteiger partial charge >= 0.3 is 12.0 Å². The third-order valence-corrected chi connectivity index (χ3v) is 5.33. The van der Waals surface area contributed by atoms with E-state index in [1.807, 2.05) is 4.90 Å². The fourth-order valence-electron chi connectivity index (χ4n) is 4.27. The lowest BCUT2D eigenvalue weighted by Crippen LogP contribution is -2.54. The Hall–Kier alpha value is -1.30. The van der Waals surface area contributed by atoms with Gasteiger partial charge < -0.3 is 20.6 Å². The maximum Gasteiger partial charge on any atom is 0.320 e. The van der Waals surface area contributed by atoms with Crippen molar-refractivity contribution in [3.05, 3.63) is 0 Å². The van der Waals surface area contributed by atoms with Crippen LogP contribution >= 0.6 is 0 Å². The van der Waals surface area contributed by atoms with Gasteiger partial charge in [0.2, 0.25) is 0 Å². The molecule has 0 aromatic carbocycles. The summed E-state index contributed by atoms with van der Waals surface area (Å²) in [5, 5.41) is 8.96. The number of nitrogens with two attached hydrogens (primary N) is 1. The number of carbonyl (C=O) groups is 2. The smallest absolute Gasteiger partial charge is 0.320 e. The standard InChI is InChI=1S/C15H25N3O3/c16-11-3-5-17(6-4-11)15(21)18-12-1-2-13(18)8-10(7-12)9-14(19)20/h10-13H,1-9,16H2,(H,19,20). The van der Waals surface area contributed by atoms with Crippen LogP contribution in [-0.4, -0.2) is 58.1 Å². The molecule has 6 nitrogen and oxygen atoms in total. The Morgan fingerprint density at radius 3 is 2.14 bits per heavy atom. The Morgan fingerprint density at radius 2 is 1.62 bits per heavy atom. The zero-order valence-electron chi connectivity index (χ0n) is 12.4. The van der Waals surface area contributed by atoms with Gasteiger partial charge in [-0.1, -0.05) is 0 Å². The average molecular weight is 295 g/mol. The van der Waals surface area contributed by atoms with E-state index in [4.69, 9.17) is 10.8 Å². The maximum absolute atomic E-state index is 12.7. The van der Waals surface area contributed by atoms with E-state index in [0.29, 0.717) is 0 Å². The summed E-state index contributed by atoms with van der Waals surface area (Å²) in [6, 6.07) is 0.877. The zero-order chi connectivity index (χ0) is 15.0. The van der Waals surface area contributed by atoms with Crippen LogP contribution in [0.4, 0.5) is 4.79 Å². The van der Waals surface area contributed by atoms with E-state index in [-0.39, 0.29) is 36.5 Å². The fraction of sp³-hybridized carbons (Fsp3) is 0.867. The first-order chi connectivity index (χ1) is 10.0. The molecule has 2 unspecified atom stereocenters. The molecule has 3 saturated heterocycles. The van der Waals surface area contributed by atoms with E-state index in [9.17, 15) is 9.59 Å². The Kier molecular flexibility index (Phi) is 4.06. The van der Waals surface area contributed by atoms with Crippen LogP contribution in [0.15, 0.2) is 0 Å². The summed E-state index contributed by atoms with van der Waals surface area (Å²) in [6.07, 6.45) is 5.77. The van der Waals surface area contributed by atoms with E-state index < -0.39 is 5.97 Å². The van der Waals surface area contributed by atoms with Gasteiger partial charge in [-0.2, -0.15) is 0 Å². The lowest BCUT2D eigenvalue weighted by molar-refractivity contribution is -0.138. The van der Waals surface area contributed by atoms with Crippen molar-refractivity contribution < 1.29 is 14.7 Å². The summed E-state index contributed by atoms with van der Waals surface area (Å²) in [7, 11) is 0. The lowest BCUT2D eigenvalue weighted by Gasteiger charge is -2.42. The molecule has 118 valence electrons. The summed E-state index contributed by atoms with van der Waals surface area (Å²) < 4.78 is 0. The Morgan fingerprint density at radius 1 is 1.05 bits per heavy atom. The van der Waals surface area contributed by atoms with Crippen LogP contribution in [0.25, 0.3) is 0 Å². The van der Waals surface area contributed by atoms with Crippen molar-refractivity contribution in [2.24, 2.45) is 11.7 Å². The molecule has 2 amide bonds. The van der Waals surface area contributed by atoms with Crippen molar-refractivity contribution in [1.82, 2.24) is 9.80 Å². The number of aliphatic carboxylic acids is 1. The van der Waals surface area contributed by atoms with Crippen molar-refractivity contribution in [1.29, 1.82) is 0 Å². The third-order valence-electron chi connectivity index (χ3n) is 5.33. The molecule has 21 heavy (non-hydrogen) atoms. The van der Waals surface area contributed by atoms with Crippen LogP contribution in [0.5, 0.6) is 0 Å². The topological polar surface area (TPSA) is 86.9 Å². The molecule has 3 N–H and O–H groups in total. The van der Waals surface area contributed by atoms with Gasteiger partial charge in [0, 0.05) is 37.6 Å². The second-order valence-electron chi connectivity index (χ2n) is 6.83. The summed E-state index contributed by atoms with van der Waals surface area (Å²) >= 11 is 0. The number of carbonyl (C=O) groups excluding carboxylic acids is 1. The van der Waals surface area contributed by atoms with Gasteiger partial charge in [-0.15, -0.1) is 0 Å². The van der Waals surface area contributed by atoms with Crippen LogP contribution in [-0.2, 0) is 4.79 Å². The summed E-state index contributed by atoms with van der Waals surface area (Å²) in [6.45, 7) is 1.52. The molecular formula is C15H25N3O3. The third kappa shape index (κ3) is 3.00. The van der Waals surface area contributed by atoms with Crippen molar-refractivity contribution >= 4 is 12.0 Å². The first kappa shape index (κ1) is 14.6. The van der Waals surface area contributed by atoms with Crippen molar-refractivity contribution in [2.75, 3.05) is 13.1 Å². The molecule has 6 heteroatoms. The van der Waals surface area contributed by atoms with Crippen LogP contribution in [0.1, 0.15) is 44.9 Å². The largest absolute Gasteiger partial charge is 0.481 e. The molecule has 0 aromatic heterocycles. The Bertz CT molecular complexity index is 406. The van der Waals surface area contributed by atoms with E-state index >= 15 is 0 Å². The molecule has 0 saturated carbocycles. The predicted molar refractivity (Wildman–Crippen MR) is 77.8 cm³/mol. The van der Waals surface area contributed by atoms with E-state index in [0.717, 1.165) is 51.6 Å². The van der Waals surface area contributed by atoms with Crippen LogP contribution in [0.2, 0.25) is 0 Å². The molecule has 0 radical (unpaired) electrons. The summed E-state index contributed by atoms with van der Waals surface area (Å²) in [4.78, 5) is 27.6. The molecule has 0 aliphatic carbocycles. The number of fused-ring (bicyclic) bond motifs is 2. The number of amides is 2. The van der Waals surface area contributed by atoms with Gasteiger partial charge in [0.05, 0.1) is 0 Å². The number of urea groups is 1. The molecule has 3 aliphatic heterocycles. The number of carboxylic acid groups (broad SMARTS) is 1. The molecule has 3 aliphatic rings. The second-order valence-corrected chi connectivity index (χ2v) is 6.83. The minimum atomic E-state index is -0.718. The van der Waals surface area contributed by atoms with E-state index in [2.05, 4.69) is 4.90 Å². The molecule has 3 fully saturated rings. The van der Waals surface area contributed by atoms with Gasteiger partial charge in [0.25, 0.3) is 0 Å². The summed E-state index contributed by atoms with van der Waals surface area (Å²) in [5.74, 6) is -0.483. The highest BCUT2D eigenvalue weighted by molar-refractivity contribution is 5.76. The number of likely N-dealkylation sites (tertiary alicyclic amines) is 1. The van der Waals surface area contributed by atoms with Crippen LogP contribution < -0.4 is 5.73 Å². The van der Waals surface area contributed by atoms with Crippen molar-refractivity contribution in [3.63, 3.8) is 0 Å². The minimum absolute atomic E-state index is 0.156. The van der Waals surface area contributed by atoms with Crippen LogP contribution in [0.3, 0.4) is 0 Å². The zero-order valence-corrected chi connectivity index (χ0v) is 12.4. The predicted octanol–water partition coefficient (Wildman–Crippen LogP) is 1.25. The van der Waals surface area contributed by atoms with E-state index in [1.54, 1.807) is 0 Å². The number of hydrogen-bond acceptors (Lipinski definition) is 3. The van der Waals surface area contributed by atoms with Gasteiger partial charge in [-0.05, 0) is 44.4 Å². The number of nitrogens with zero attached hydrogens (tertiary/aromatic N) is 2. The first-order valence-corrected chi connectivity index (χ1v) is 8.09. The number of piperidine rings is 2. The maximum atomic E-state index is 12.7. The Labute approximate surface area is 125 Å². The molecular weight excluding hydrogens is 270 g/mol. The number of rotatable bonds is 2. The van der Waals surface area contributed by atoms with Gasteiger partial charge in [-0.3, -0.25) is 4.79 Å². The highest BCUT2D eigenvalue weighted by Crippen LogP contribution is 2.40. The van der Waals surface area contributed by atoms with Crippen molar-refractivity contribution in [3.8, 4) is 0 Å². The van der Waals surface area contributed by atoms with Gasteiger partial charge in [-0.25, -0.2) is 4.79 Å². The summed E-state index contributed by atoms with van der Waals surface area (Å²) in [5.41, 5.74) is 5.90. The molecule has 0 spiro atoms. The van der Waals surface area contributed by atoms with Gasteiger partial charge in [0.15, 0.2) is 0 Å². The highest BCUT2D eigenvalue weighted by atomic mass is 16.4. The molecule has 3 heterocycles. The van der Waals surface area contributed by atoms with Crippen molar-refractivity contribution in [2.45, 2.75) is 63.1 Å². The van der Waals surface area contributed by atoms with Gasteiger partial charge in [0.1, 0.15) is 0 Å². The average Bonchev–Trinajstić information content (AvgIpc) is 2.70. The monoisotopic (exact) mass is 295 g/mol. The molecule has 2 bridgehead atoms. The SMILES string of the molecule is NC1CCN(C(=O)N2C3CCC2CC(CC(=O)O)C3)CC1. The quantitative estimate of drug-likeness (QED) is 0.802. The van der Waals surface area contributed by atoms with E-state index in [1.165, 1.54) is 0 Å². The minimum Gasteiger partial charge on any atom is -0.481 e. The second kappa shape index (κ2) is 5.83. The molecule has 3 rings (SSSR count). The van der Waals surface area contributed by atoms with Crippen LogP contribution in [0, 0.1) is 5.92 Å².